The molecule has 2 unspecified atom stereocenters. The molecule has 2 rings (SSSR count). The summed E-state index contributed by atoms with van der Waals surface area (Å²) in [5, 5.41) is -0.263. The Morgan fingerprint density at radius 1 is 1.05 bits per heavy atom. The largest absolute Gasteiger partial charge is 0.223 e. The maximum absolute atomic E-state index is 12.7. The molecule has 4 heteroatoms. The van der Waals surface area contributed by atoms with Crippen LogP contribution in [0.1, 0.15) is 31.2 Å². The summed E-state index contributed by atoms with van der Waals surface area (Å²) in [4.78, 5) is 0.467. The quantitative estimate of drug-likeness (QED) is 0.434. The molecular weight excluding hydrogens is 371 g/mol. The molecule has 1 aromatic rings. The van der Waals surface area contributed by atoms with Crippen LogP contribution in [0.4, 0.5) is 0 Å². The minimum absolute atomic E-state index is 0.189. The monoisotopic (exact) mass is 390 g/mol. The third-order valence-electron chi connectivity index (χ3n) is 3.55. The van der Waals surface area contributed by atoms with E-state index in [4.69, 9.17) is 0 Å². The first-order chi connectivity index (χ1) is 9.01. The SMILES string of the molecule is Cc1ccc(S(=O)(=O)C2CC/C=C\CCC2I)cc1. The van der Waals surface area contributed by atoms with Gasteiger partial charge in [0.25, 0.3) is 0 Å². The van der Waals surface area contributed by atoms with Gasteiger partial charge in [-0.05, 0) is 44.7 Å². The zero-order chi connectivity index (χ0) is 13.9. The third kappa shape index (κ3) is 3.60. The van der Waals surface area contributed by atoms with Crippen LogP contribution in [0.2, 0.25) is 0 Å². The number of aryl methyl sites for hydroxylation is 1. The zero-order valence-electron chi connectivity index (χ0n) is 11.0. The summed E-state index contributed by atoms with van der Waals surface area (Å²) in [7, 11) is -3.21. The Bertz CT molecular complexity index is 546. The molecule has 2 atom stereocenters. The molecule has 0 N–H and O–H groups in total. The molecule has 104 valence electrons. The Labute approximate surface area is 129 Å². The van der Waals surface area contributed by atoms with Gasteiger partial charge in [-0.25, -0.2) is 8.42 Å². The van der Waals surface area contributed by atoms with Crippen molar-refractivity contribution >= 4 is 32.4 Å². The van der Waals surface area contributed by atoms with E-state index < -0.39 is 9.84 Å². The first-order valence-electron chi connectivity index (χ1n) is 6.61. The Balaban J connectivity index is 2.31. The number of halogens is 1. The van der Waals surface area contributed by atoms with Gasteiger partial charge in [-0.3, -0.25) is 0 Å². The van der Waals surface area contributed by atoms with E-state index in [0.717, 1.165) is 31.2 Å². The number of hydrogen-bond donors (Lipinski definition) is 0. The van der Waals surface area contributed by atoms with Gasteiger partial charge in [-0.1, -0.05) is 52.4 Å². The zero-order valence-corrected chi connectivity index (χ0v) is 14.0. The second-order valence-corrected chi connectivity index (χ2v) is 8.81. The van der Waals surface area contributed by atoms with E-state index in [1.54, 1.807) is 12.1 Å². The van der Waals surface area contributed by atoms with E-state index in [1.165, 1.54) is 0 Å². The van der Waals surface area contributed by atoms with Gasteiger partial charge in [0.2, 0.25) is 0 Å². The Morgan fingerprint density at radius 2 is 1.63 bits per heavy atom. The van der Waals surface area contributed by atoms with Crippen LogP contribution in [0.15, 0.2) is 41.3 Å². The van der Waals surface area contributed by atoms with Crippen molar-refractivity contribution in [2.45, 2.75) is 46.7 Å². The second kappa shape index (κ2) is 6.39. The first-order valence-corrected chi connectivity index (χ1v) is 9.40. The topological polar surface area (TPSA) is 34.1 Å². The Morgan fingerprint density at radius 3 is 2.26 bits per heavy atom. The minimum Gasteiger partial charge on any atom is -0.223 e. The van der Waals surface area contributed by atoms with Gasteiger partial charge in [-0.15, -0.1) is 0 Å². The molecule has 0 saturated carbocycles. The van der Waals surface area contributed by atoms with Crippen molar-refractivity contribution < 1.29 is 8.42 Å². The molecule has 0 aliphatic heterocycles. The summed E-state index contributed by atoms with van der Waals surface area (Å²) in [6, 6.07) is 7.22. The average Bonchev–Trinajstić information content (AvgIpc) is 2.34. The van der Waals surface area contributed by atoms with Crippen molar-refractivity contribution in [1.29, 1.82) is 0 Å². The van der Waals surface area contributed by atoms with E-state index in [1.807, 2.05) is 19.1 Å². The Kier molecular flexibility index (Phi) is 5.06. The molecule has 19 heavy (non-hydrogen) atoms. The fourth-order valence-corrected chi connectivity index (χ4v) is 6.09. The third-order valence-corrected chi connectivity index (χ3v) is 7.81. The number of sulfone groups is 1. The van der Waals surface area contributed by atoms with Crippen molar-refractivity contribution in [1.82, 2.24) is 0 Å². The lowest BCUT2D eigenvalue weighted by Gasteiger charge is -2.23. The van der Waals surface area contributed by atoms with Crippen molar-refractivity contribution in [3.63, 3.8) is 0 Å². The van der Waals surface area contributed by atoms with Crippen molar-refractivity contribution in [3.8, 4) is 0 Å². The normalized spacial score (nSPS) is 26.4. The summed E-state index contributed by atoms with van der Waals surface area (Å²) in [5.41, 5.74) is 1.09. The average molecular weight is 390 g/mol. The molecule has 0 fully saturated rings. The van der Waals surface area contributed by atoms with E-state index in [9.17, 15) is 8.42 Å². The summed E-state index contributed by atoms with van der Waals surface area (Å²) in [6.07, 6.45) is 7.77. The highest BCUT2D eigenvalue weighted by Gasteiger charge is 2.32. The summed E-state index contributed by atoms with van der Waals surface area (Å²) in [6.45, 7) is 1.97. The van der Waals surface area contributed by atoms with E-state index in [0.29, 0.717) is 4.90 Å². The molecule has 1 aliphatic carbocycles. The predicted octanol–water partition coefficient (Wildman–Crippen LogP) is 4.07. The van der Waals surface area contributed by atoms with Crippen molar-refractivity contribution in [2.24, 2.45) is 0 Å². The molecule has 1 aliphatic rings. The highest BCUT2D eigenvalue weighted by atomic mass is 127. The molecule has 0 bridgehead atoms. The molecule has 0 aromatic heterocycles. The van der Waals surface area contributed by atoms with Crippen LogP contribution in [0.5, 0.6) is 0 Å². The molecule has 2 nitrogen and oxygen atoms in total. The number of rotatable bonds is 2. The fraction of sp³-hybridized carbons (Fsp3) is 0.467. The van der Waals surface area contributed by atoms with Crippen LogP contribution in [-0.4, -0.2) is 17.6 Å². The van der Waals surface area contributed by atoms with E-state index in [-0.39, 0.29) is 9.17 Å². The second-order valence-electron chi connectivity index (χ2n) is 5.04. The number of alkyl halides is 1. The maximum atomic E-state index is 12.7. The predicted molar refractivity (Wildman–Crippen MR) is 87.6 cm³/mol. The van der Waals surface area contributed by atoms with Gasteiger partial charge in [0.05, 0.1) is 10.1 Å². The summed E-state index contributed by atoms with van der Waals surface area (Å²) in [5.74, 6) is 0. The van der Waals surface area contributed by atoms with Crippen molar-refractivity contribution in [2.75, 3.05) is 0 Å². The number of hydrogen-bond acceptors (Lipinski definition) is 2. The Hall–Kier alpha value is -0.360. The smallest absolute Gasteiger partial charge is 0.182 e. The fourth-order valence-electron chi connectivity index (χ4n) is 2.37. The molecule has 0 saturated heterocycles. The number of benzene rings is 1. The van der Waals surface area contributed by atoms with Crippen LogP contribution in [0.25, 0.3) is 0 Å². The van der Waals surface area contributed by atoms with Gasteiger partial charge in [0.15, 0.2) is 9.84 Å². The van der Waals surface area contributed by atoms with Crippen LogP contribution >= 0.6 is 22.6 Å². The minimum atomic E-state index is -3.21. The van der Waals surface area contributed by atoms with Crippen LogP contribution in [-0.2, 0) is 9.84 Å². The number of allylic oxidation sites excluding steroid dienone is 2. The van der Waals surface area contributed by atoms with Crippen LogP contribution in [0.3, 0.4) is 0 Å². The lowest BCUT2D eigenvalue weighted by Crippen LogP contribution is -2.31. The van der Waals surface area contributed by atoms with E-state index >= 15 is 0 Å². The highest BCUT2D eigenvalue weighted by molar-refractivity contribution is 14.1. The van der Waals surface area contributed by atoms with Gasteiger partial charge in [0, 0.05) is 3.92 Å². The molecule has 0 radical (unpaired) electrons. The molecular formula is C15H19IO2S. The molecule has 0 amide bonds. The summed E-state index contributed by atoms with van der Waals surface area (Å²) < 4.78 is 25.7. The van der Waals surface area contributed by atoms with Crippen LogP contribution in [0, 0.1) is 6.92 Å². The van der Waals surface area contributed by atoms with Gasteiger partial charge in [-0.2, -0.15) is 0 Å². The molecule has 1 aromatic carbocycles. The standard InChI is InChI=1S/C15H19IO2S/c1-12-8-10-13(11-9-12)19(17,18)15-7-5-3-2-4-6-14(15)16/h2-3,8-11,14-15H,4-7H2,1H3/b3-2-. The lowest BCUT2D eigenvalue weighted by molar-refractivity contribution is 0.560. The van der Waals surface area contributed by atoms with Gasteiger partial charge >= 0.3 is 0 Å². The highest BCUT2D eigenvalue weighted by Crippen LogP contribution is 2.30. The molecule has 0 heterocycles. The molecule has 0 spiro atoms. The van der Waals surface area contributed by atoms with Gasteiger partial charge < -0.3 is 0 Å². The van der Waals surface area contributed by atoms with Crippen molar-refractivity contribution in [3.05, 3.63) is 42.0 Å². The lowest BCUT2D eigenvalue weighted by atomic mass is 10.1. The first kappa shape index (κ1) is 15.0. The van der Waals surface area contributed by atoms with Crippen LogP contribution < -0.4 is 0 Å². The van der Waals surface area contributed by atoms with Gasteiger partial charge in [0.1, 0.15) is 0 Å². The van der Waals surface area contributed by atoms with E-state index in [2.05, 4.69) is 34.7 Å². The maximum Gasteiger partial charge on any atom is 0.182 e. The summed E-state index contributed by atoms with van der Waals surface area (Å²) >= 11 is 2.31.